The first-order valence-electron chi connectivity index (χ1n) is 11.4. The lowest BCUT2D eigenvalue weighted by atomic mass is 9.85. The van der Waals surface area contributed by atoms with E-state index < -0.39 is 0 Å². The van der Waals surface area contributed by atoms with Gasteiger partial charge in [-0.2, -0.15) is 0 Å². The van der Waals surface area contributed by atoms with Gasteiger partial charge in [-0.25, -0.2) is 0 Å². The van der Waals surface area contributed by atoms with Crippen molar-refractivity contribution < 1.29 is 4.79 Å². The number of hydrogen-bond donors (Lipinski definition) is 1. The van der Waals surface area contributed by atoms with E-state index in [-0.39, 0.29) is 11.8 Å². The molecule has 0 unspecified atom stereocenters. The molecule has 0 radical (unpaired) electrons. The molecule has 2 aliphatic rings. The molecular formula is C24H34N6O. The van der Waals surface area contributed by atoms with Gasteiger partial charge in [0.25, 0.3) is 0 Å². The summed E-state index contributed by atoms with van der Waals surface area (Å²) >= 11 is 0. The molecule has 1 aliphatic heterocycles. The van der Waals surface area contributed by atoms with Crippen molar-refractivity contribution in [3.8, 4) is 0 Å². The third-order valence-corrected chi connectivity index (χ3v) is 6.40. The van der Waals surface area contributed by atoms with Gasteiger partial charge in [0.1, 0.15) is 11.6 Å². The average Bonchev–Trinajstić information content (AvgIpc) is 2.98. The standard InChI is InChI=1S/C24H34N6O/c1-28(2)21-10-8-19(9-11-21)5-4-15-29-16-13-23-27-26-22(30(23)18-17-29)12-14-25-24(31)20-6-3-7-20/h4-5,8-11,20H,3,6-7,12-18H2,1-2H3,(H,25,31)/b5-4+. The summed E-state index contributed by atoms with van der Waals surface area (Å²) in [5, 5.41) is 11.9. The summed E-state index contributed by atoms with van der Waals surface area (Å²) in [6, 6.07) is 8.61. The third kappa shape index (κ3) is 5.53. The van der Waals surface area contributed by atoms with Gasteiger partial charge in [-0.1, -0.05) is 30.7 Å². The molecular weight excluding hydrogens is 388 g/mol. The van der Waals surface area contributed by atoms with E-state index in [0.29, 0.717) is 6.54 Å². The monoisotopic (exact) mass is 422 g/mol. The van der Waals surface area contributed by atoms with E-state index in [9.17, 15) is 4.79 Å². The molecule has 0 atom stereocenters. The SMILES string of the molecule is CN(C)c1ccc(/C=C/CN2CCc3nnc(CCNC(=O)C4CCC4)n3CC2)cc1. The number of nitrogens with zero attached hydrogens (tertiary/aromatic N) is 5. The van der Waals surface area contributed by atoms with Gasteiger partial charge in [0.05, 0.1) is 0 Å². The van der Waals surface area contributed by atoms with Crippen molar-refractivity contribution in [1.82, 2.24) is 25.0 Å². The second-order valence-electron chi connectivity index (χ2n) is 8.79. The lowest BCUT2D eigenvalue weighted by Gasteiger charge is -2.23. The molecule has 4 rings (SSSR count). The number of benzene rings is 1. The summed E-state index contributed by atoms with van der Waals surface area (Å²) < 4.78 is 2.25. The van der Waals surface area contributed by atoms with Gasteiger partial charge >= 0.3 is 0 Å². The molecule has 1 N–H and O–H groups in total. The number of aromatic nitrogens is 3. The highest BCUT2D eigenvalue weighted by atomic mass is 16.1. The molecule has 1 amide bonds. The van der Waals surface area contributed by atoms with Crippen molar-refractivity contribution in [3.05, 3.63) is 47.6 Å². The Morgan fingerprint density at radius 2 is 1.97 bits per heavy atom. The highest BCUT2D eigenvalue weighted by Crippen LogP contribution is 2.26. The zero-order chi connectivity index (χ0) is 21.6. The Labute approximate surface area is 185 Å². The Morgan fingerprint density at radius 3 is 2.68 bits per heavy atom. The first kappa shape index (κ1) is 21.6. The van der Waals surface area contributed by atoms with Crippen molar-refractivity contribution in [1.29, 1.82) is 0 Å². The lowest BCUT2D eigenvalue weighted by molar-refractivity contribution is -0.127. The fourth-order valence-corrected chi connectivity index (χ4v) is 4.13. The molecule has 2 heterocycles. The molecule has 0 spiro atoms. The van der Waals surface area contributed by atoms with Gasteiger partial charge in [-0.3, -0.25) is 9.69 Å². The summed E-state index contributed by atoms with van der Waals surface area (Å²) in [5.41, 5.74) is 2.44. The van der Waals surface area contributed by atoms with Gasteiger partial charge in [0, 0.05) is 71.3 Å². The van der Waals surface area contributed by atoms with Crippen LogP contribution >= 0.6 is 0 Å². The van der Waals surface area contributed by atoms with Crippen LogP contribution in [0.1, 0.15) is 36.5 Å². The summed E-state index contributed by atoms with van der Waals surface area (Å²) in [6.07, 6.45) is 9.36. The van der Waals surface area contributed by atoms with Crippen LogP contribution in [0, 0.1) is 5.92 Å². The second-order valence-corrected chi connectivity index (χ2v) is 8.79. The Balaban J connectivity index is 1.24. The molecule has 1 aromatic heterocycles. The van der Waals surface area contributed by atoms with Crippen LogP contribution in [-0.2, 0) is 24.2 Å². The van der Waals surface area contributed by atoms with Crippen LogP contribution in [0.4, 0.5) is 5.69 Å². The quantitative estimate of drug-likeness (QED) is 0.708. The van der Waals surface area contributed by atoms with Crippen molar-refractivity contribution in [2.75, 3.05) is 45.2 Å². The van der Waals surface area contributed by atoms with E-state index >= 15 is 0 Å². The van der Waals surface area contributed by atoms with Gasteiger partial charge < -0.3 is 14.8 Å². The Bertz CT molecular complexity index is 897. The van der Waals surface area contributed by atoms with Crippen LogP contribution < -0.4 is 10.2 Å². The number of fused-ring (bicyclic) bond motifs is 1. The average molecular weight is 423 g/mol. The maximum absolute atomic E-state index is 12.0. The molecule has 166 valence electrons. The van der Waals surface area contributed by atoms with E-state index in [1.165, 1.54) is 17.7 Å². The van der Waals surface area contributed by atoms with Crippen LogP contribution in [0.25, 0.3) is 6.08 Å². The van der Waals surface area contributed by atoms with Crippen LogP contribution in [0.3, 0.4) is 0 Å². The maximum Gasteiger partial charge on any atom is 0.223 e. The first-order valence-corrected chi connectivity index (χ1v) is 11.4. The van der Waals surface area contributed by atoms with Crippen molar-refractivity contribution in [2.45, 2.75) is 38.6 Å². The lowest BCUT2D eigenvalue weighted by Crippen LogP contribution is -2.35. The first-order chi connectivity index (χ1) is 15.1. The van der Waals surface area contributed by atoms with Crippen molar-refractivity contribution >= 4 is 17.7 Å². The molecule has 0 bridgehead atoms. The van der Waals surface area contributed by atoms with Crippen LogP contribution in [-0.4, -0.2) is 65.8 Å². The fourth-order valence-electron chi connectivity index (χ4n) is 4.13. The highest BCUT2D eigenvalue weighted by Gasteiger charge is 2.25. The maximum atomic E-state index is 12.0. The molecule has 0 saturated heterocycles. The summed E-state index contributed by atoms with van der Waals surface area (Å²) in [6.45, 7) is 4.45. The predicted octanol–water partition coefficient (Wildman–Crippen LogP) is 2.37. The number of rotatable bonds is 8. The fraction of sp³-hybridized carbons (Fsp3) is 0.542. The molecule has 7 heteroatoms. The molecule has 1 aromatic carbocycles. The van der Waals surface area contributed by atoms with E-state index in [1.807, 2.05) is 0 Å². The smallest absolute Gasteiger partial charge is 0.223 e. The second kappa shape index (κ2) is 10.1. The number of anilines is 1. The predicted molar refractivity (Wildman–Crippen MR) is 124 cm³/mol. The van der Waals surface area contributed by atoms with Crippen LogP contribution in [0.5, 0.6) is 0 Å². The number of amides is 1. The topological polar surface area (TPSA) is 66.3 Å². The highest BCUT2D eigenvalue weighted by molar-refractivity contribution is 5.79. The Kier molecular flexibility index (Phi) is 7.02. The van der Waals surface area contributed by atoms with E-state index in [1.54, 1.807) is 0 Å². The minimum Gasteiger partial charge on any atom is -0.378 e. The van der Waals surface area contributed by atoms with Crippen molar-refractivity contribution in [3.63, 3.8) is 0 Å². The number of carbonyl (C=O) groups excluding carboxylic acids is 1. The van der Waals surface area contributed by atoms with Gasteiger partial charge in [-0.05, 0) is 30.5 Å². The normalized spacial score (nSPS) is 17.2. The van der Waals surface area contributed by atoms with Gasteiger partial charge in [-0.15, -0.1) is 10.2 Å². The zero-order valence-electron chi connectivity index (χ0n) is 18.8. The number of hydrogen-bond acceptors (Lipinski definition) is 5. The van der Waals surface area contributed by atoms with Crippen molar-refractivity contribution in [2.24, 2.45) is 5.92 Å². The van der Waals surface area contributed by atoms with Crippen LogP contribution in [0.2, 0.25) is 0 Å². The van der Waals surface area contributed by atoms with E-state index in [2.05, 4.69) is 80.4 Å². The molecule has 1 aliphatic carbocycles. The summed E-state index contributed by atoms with van der Waals surface area (Å²) in [5.74, 6) is 2.49. The van der Waals surface area contributed by atoms with E-state index in [4.69, 9.17) is 0 Å². The molecule has 1 fully saturated rings. The zero-order valence-corrected chi connectivity index (χ0v) is 18.8. The largest absolute Gasteiger partial charge is 0.378 e. The molecule has 7 nitrogen and oxygen atoms in total. The minimum atomic E-state index is 0.205. The molecule has 2 aromatic rings. The minimum absolute atomic E-state index is 0.205. The Hall–Kier alpha value is -2.67. The van der Waals surface area contributed by atoms with Gasteiger partial charge in [0.15, 0.2) is 0 Å². The number of carbonyl (C=O) groups is 1. The third-order valence-electron chi connectivity index (χ3n) is 6.40. The van der Waals surface area contributed by atoms with E-state index in [0.717, 1.165) is 63.5 Å². The summed E-state index contributed by atoms with van der Waals surface area (Å²) in [4.78, 5) is 16.6. The Morgan fingerprint density at radius 1 is 1.16 bits per heavy atom. The molecule has 31 heavy (non-hydrogen) atoms. The molecule has 1 saturated carbocycles. The van der Waals surface area contributed by atoms with Crippen LogP contribution in [0.15, 0.2) is 30.3 Å². The van der Waals surface area contributed by atoms with Gasteiger partial charge in [0.2, 0.25) is 5.91 Å². The summed E-state index contributed by atoms with van der Waals surface area (Å²) in [7, 11) is 4.11. The number of nitrogens with one attached hydrogen (secondary N) is 1.